The molecule has 0 radical (unpaired) electrons. The third-order valence-corrected chi connectivity index (χ3v) is 4.56. The number of aldehydes is 1. The summed E-state index contributed by atoms with van der Waals surface area (Å²) in [6.07, 6.45) is 1.29. The molecule has 2 aromatic carbocycles. The van der Waals surface area contributed by atoms with Crippen molar-refractivity contribution in [3.05, 3.63) is 57.6 Å². The van der Waals surface area contributed by atoms with Crippen molar-refractivity contribution in [3.8, 4) is 11.5 Å². The fourth-order valence-electron chi connectivity index (χ4n) is 2.51. The van der Waals surface area contributed by atoms with Crippen molar-refractivity contribution in [2.45, 2.75) is 6.42 Å². The average molecular weight is 406 g/mol. The van der Waals surface area contributed by atoms with Crippen LogP contribution in [0.2, 0.25) is 0 Å². The molecule has 0 saturated heterocycles. The van der Waals surface area contributed by atoms with Gasteiger partial charge in [-0.15, -0.1) is 0 Å². The number of halogens is 1. The quantitative estimate of drug-likeness (QED) is 0.660. The lowest BCUT2D eigenvalue weighted by Crippen LogP contribution is -2.29. The van der Waals surface area contributed by atoms with Crippen LogP contribution < -0.4 is 9.47 Å². The zero-order valence-corrected chi connectivity index (χ0v) is 16.0. The predicted molar refractivity (Wildman–Crippen MR) is 99.7 cm³/mol. The average Bonchev–Trinajstić information content (AvgIpc) is 2.65. The topological polar surface area (TPSA) is 55.8 Å². The summed E-state index contributed by atoms with van der Waals surface area (Å²) in [5, 5.41) is 0. The van der Waals surface area contributed by atoms with E-state index >= 15 is 0 Å². The van der Waals surface area contributed by atoms with Gasteiger partial charge in [-0.2, -0.15) is 0 Å². The minimum Gasteiger partial charge on any atom is -0.496 e. The van der Waals surface area contributed by atoms with E-state index < -0.39 is 0 Å². The first-order chi connectivity index (χ1) is 12.0. The van der Waals surface area contributed by atoms with Gasteiger partial charge in [-0.05, 0) is 46.1 Å². The Hall–Kier alpha value is -2.34. The highest BCUT2D eigenvalue weighted by atomic mass is 79.9. The highest BCUT2D eigenvalue weighted by Crippen LogP contribution is 2.33. The summed E-state index contributed by atoms with van der Waals surface area (Å²) >= 11 is 3.43. The van der Waals surface area contributed by atoms with Gasteiger partial charge in [0.2, 0.25) is 0 Å². The summed E-state index contributed by atoms with van der Waals surface area (Å²) in [6.45, 7) is 0.479. The van der Waals surface area contributed by atoms with Crippen LogP contribution in [0.5, 0.6) is 11.5 Å². The molecule has 0 bridgehead atoms. The molecule has 6 heteroatoms. The number of amides is 1. The number of carbonyl (C=O) groups excluding carboxylic acids is 2. The number of nitrogens with zero attached hydrogens (tertiary/aromatic N) is 1. The van der Waals surface area contributed by atoms with Crippen LogP contribution in [0.4, 0.5) is 0 Å². The highest BCUT2D eigenvalue weighted by molar-refractivity contribution is 9.10. The van der Waals surface area contributed by atoms with Gasteiger partial charge in [0.15, 0.2) is 6.29 Å². The van der Waals surface area contributed by atoms with Gasteiger partial charge in [-0.1, -0.05) is 18.2 Å². The number of ether oxygens (including phenoxy) is 2. The molecule has 0 saturated carbocycles. The van der Waals surface area contributed by atoms with E-state index in [1.807, 2.05) is 12.1 Å². The van der Waals surface area contributed by atoms with E-state index in [9.17, 15) is 9.59 Å². The second-order valence-corrected chi connectivity index (χ2v) is 6.33. The van der Waals surface area contributed by atoms with Crippen LogP contribution in [0.25, 0.3) is 0 Å². The summed E-state index contributed by atoms with van der Waals surface area (Å²) < 4.78 is 11.5. The molecule has 5 nitrogen and oxygen atoms in total. The first-order valence-corrected chi connectivity index (χ1v) is 8.51. The first kappa shape index (κ1) is 19.0. The molecule has 0 spiro atoms. The standard InChI is InChI=1S/C19H20BrNO4/c1-21(19(23)15-7-5-4-6-14(15)12-22)9-8-13-10-18(25-3)16(20)11-17(13)24-2/h4-7,10-12H,8-9H2,1-3H3. The predicted octanol–water partition coefficient (Wildman–Crippen LogP) is 3.59. The van der Waals surface area contributed by atoms with Crippen molar-refractivity contribution in [1.29, 1.82) is 0 Å². The molecule has 0 aliphatic carbocycles. The molecule has 1 amide bonds. The second kappa shape index (κ2) is 8.67. The maximum absolute atomic E-state index is 12.6. The van der Waals surface area contributed by atoms with Crippen molar-refractivity contribution in [1.82, 2.24) is 4.90 Å². The number of carbonyl (C=O) groups is 2. The van der Waals surface area contributed by atoms with Crippen LogP contribution in [-0.2, 0) is 6.42 Å². The van der Waals surface area contributed by atoms with Gasteiger partial charge >= 0.3 is 0 Å². The zero-order valence-electron chi connectivity index (χ0n) is 14.4. The summed E-state index contributed by atoms with van der Waals surface area (Å²) in [7, 11) is 4.92. The lowest BCUT2D eigenvalue weighted by molar-refractivity contribution is 0.0793. The molecule has 0 aliphatic heterocycles. The largest absolute Gasteiger partial charge is 0.496 e. The molecular formula is C19H20BrNO4. The zero-order chi connectivity index (χ0) is 18.4. The van der Waals surface area contributed by atoms with Crippen LogP contribution in [0.3, 0.4) is 0 Å². The van der Waals surface area contributed by atoms with Crippen LogP contribution in [0, 0.1) is 0 Å². The van der Waals surface area contributed by atoms with Gasteiger partial charge in [-0.3, -0.25) is 9.59 Å². The number of hydrogen-bond acceptors (Lipinski definition) is 4. The summed E-state index contributed by atoms with van der Waals surface area (Å²) in [6, 6.07) is 10.5. The van der Waals surface area contributed by atoms with Crippen LogP contribution in [-0.4, -0.2) is 44.9 Å². The van der Waals surface area contributed by atoms with Crippen LogP contribution >= 0.6 is 15.9 Å². The number of rotatable bonds is 7. The molecule has 0 fully saturated rings. The number of methoxy groups -OCH3 is 2. The number of likely N-dealkylation sites (N-methyl/N-ethyl adjacent to an activating group) is 1. The fourth-order valence-corrected chi connectivity index (χ4v) is 2.99. The molecule has 0 N–H and O–H groups in total. The van der Waals surface area contributed by atoms with Crippen molar-refractivity contribution >= 4 is 28.1 Å². The van der Waals surface area contributed by atoms with Gasteiger partial charge < -0.3 is 14.4 Å². The van der Waals surface area contributed by atoms with Gasteiger partial charge in [0.25, 0.3) is 5.91 Å². The van der Waals surface area contributed by atoms with E-state index in [2.05, 4.69) is 15.9 Å². The maximum atomic E-state index is 12.6. The Labute approximate surface area is 155 Å². The van der Waals surface area contributed by atoms with E-state index in [1.54, 1.807) is 50.4 Å². The van der Waals surface area contributed by atoms with Gasteiger partial charge in [0.05, 0.1) is 24.3 Å². The lowest BCUT2D eigenvalue weighted by atomic mass is 10.1. The Morgan fingerprint density at radius 2 is 1.84 bits per heavy atom. The van der Waals surface area contributed by atoms with Crippen molar-refractivity contribution in [3.63, 3.8) is 0 Å². The molecule has 2 rings (SSSR count). The molecule has 0 heterocycles. The third kappa shape index (κ3) is 4.39. The van der Waals surface area contributed by atoms with Crippen molar-refractivity contribution in [2.75, 3.05) is 27.8 Å². The number of benzene rings is 2. The minimum atomic E-state index is -0.189. The van der Waals surface area contributed by atoms with E-state index in [4.69, 9.17) is 9.47 Å². The Balaban J connectivity index is 2.15. The highest BCUT2D eigenvalue weighted by Gasteiger charge is 2.16. The maximum Gasteiger partial charge on any atom is 0.254 e. The normalized spacial score (nSPS) is 10.2. The van der Waals surface area contributed by atoms with Crippen LogP contribution in [0.1, 0.15) is 26.3 Å². The summed E-state index contributed by atoms with van der Waals surface area (Å²) in [4.78, 5) is 25.3. The minimum absolute atomic E-state index is 0.189. The van der Waals surface area contributed by atoms with Crippen molar-refractivity contribution in [2.24, 2.45) is 0 Å². The molecule has 0 unspecified atom stereocenters. The van der Waals surface area contributed by atoms with Gasteiger partial charge in [0, 0.05) is 19.2 Å². The number of hydrogen-bond donors (Lipinski definition) is 0. The van der Waals surface area contributed by atoms with Gasteiger partial charge in [0.1, 0.15) is 11.5 Å². The Kier molecular flexibility index (Phi) is 6.58. The van der Waals surface area contributed by atoms with Gasteiger partial charge in [-0.25, -0.2) is 0 Å². The van der Waals surface area contributed by atoms with E-state index in [0.29, 0.717) is 36.1 Å². The van der Waals surface area contributed by atoms with E-state index in [-0.39, 0.29) is 5.91 Å². The molecule has 25 heavy (non-hydrogen) atoms. The third-order valence-electron chi connectivity index (χ3n) is 3.94. The summed E-state index contributed by atoms with van der Waals surface area (Å²) in [5.41, 5.74) is 1.73. The Morgan fingerprint density at radius 1 is 1.16 bits per heavy atom. The Bertz CT molecular complexity index is 776. The first-order valence-electron chi connectivity index (χ1n) is 7.71. The van der Waals surface area contributed by atoms with Crippen molar-refractivity contribution < 1.29 is 19.1 Å². The second-order valence-electron chi connectivity index (χ2n) is 5.48. The summed E-state index contributed by atoms with van der Waals surface area (Å²) in [5.74, 6) is 1.24. The lowest BCUT2D eigenvalue weighted by Gasteiger charge is -2.19. The molecule has 2 aromatic rings. The van der Waals surface area contributed by atoms with E-state index in [0.717, 1.165) is 15.8 Å². The molecule has 0 aromatic heterocycles. The SMILES string of the molecule is COc1cc(CCN(C)C(=O)c2ccccc2C=O)c(OC)cc1Br. The molecule has 0 aliphatic rings. The Morgan fingerprint density at radius 3 is 2.48 bits per heavy atom. The smallest absolute Gasteiger partial charge is 0.254 e. The fraction of sp³-hybridized carbons (Fsp3) is 0.263. The molecule has 132 valence electrons. The van der Waals surface area contributed by atoms with E-state index in [1.165, 1.54) is 0 Å². The molecule has 0 atom stereocenters. The van der Waals surface area contributed by atoms with Crippen LogP contribution in [0.15, 0.2) is 40.9 Å². The monoisotopic (exact) mass is 405 g/mol. The molecular weight excluding hydrogens is 386 g/mol.